The maximum Gasteiger partial charge on any atom is 0.179 e. The first-order chi connectivity index (χ1) is 19.3. The van der Waals surface area contributed by atoms with Gasteiger partial charge in [0.2, 0.25) is 0 Å². The monoisotopic (exact) mass is 579 g/mol. The summed E-state index contributed by atoms with van der Waals surface area (Å²) in [6, 6.07) is 57.9. The summed E-state index contributed by atoms with van der Waals surface area (Å²) < 4.78 is 3.49. The Kier molecular flexibility index (Phi) is 6.03. The molecule has 1 heterocycles. The van der Waals surface area contributed by atoms with Gasteiger partial charge >= 0.3 is 0 Å². The van der Waals surface area contributed by atoms with E-state index in [-0.39, 0.29) is 0 Å². The van der Waals surface area contributed by atoms with Gasteiger partial charge in [0.25, 0.3) is 0 Å². The maximum atomic E-state index is 3.71. The van der Waals surface area contributed by atoms with Gasteiger partial charge in [0.05, 0.1) is 11.0 Å². The van der Waals surface area contributed by atoms with Crippen molar-refractivity contribution in [2.24, 2.45) is 0 Å². The Balaban J connectivity index is 1.63. The molecule has 0 aliphatic carbocycles. The molecule has 0 fully saturated rings. The normalized spacial score (nSPS) is 11.7. The molecule has 0 unspecified atom stereocenters. The topological polar surface area (TPSA) is 4.93 Å². The van der Waals surface area contributed by atoms with Crippen molar-refractivity contribution in [3.8, 4) is 5.69 Å². The molecule has 0 radical (unpaired) electrons. The summed E-state index contributed by atoms with van der Waals surface area (Å²) in [4.78, 5) is 0. The van der Waals surface area contributed by atoms with E-state index in [0.717, 1.165) is 10.2 Å². The molecule has 3 heteroatoms. The van der Waals surface area contributed by atoms with Gasteiger partial charge in [0.15, 0.2) is 8.07 Å². The third-order valence-electron chi connectivity index (χ3n) is 7.79. The molecular weight excluding hydrogens is 554 g/mol. The van der Waals surface area contributed by atoms with E-state index in [1.807, 2.05) is 0 Å². The van der Waals surface area contributed by atoms with Gasteiger partial charge in [0.1, 0.15) is 0 Å². The second-order valence-corrected chi connectivity index (χ2v) is 14.6. The SMILES string of the molecule is Brc1cccc(-n2c3ccccc3c3ccc([Si](c4ccccc4)(c4ccccc4)c4ccccc4)cc32)c1. The highest BCUT2D eigenvalue weighted by Gasteiger charge is 2.41. The summed E-state index contributed by atoms with van der Waals surface area (Å²) in [5.74, 6) is 0. The molecule has 1 nitrogen and oxygen atoms in total. The summed E-state index contributed by atoms with van der Waals surface area (Å²) in [5, 5.41) is 8.06. The molecule has 39 heavy (non-hydrogen) atoms. The summed E-state index contributed by atoms with van der Waals surface area (Å²) in [7, 11) is -2.62. The minimum atomic E-state index is -2.62. The Morgan fingerprint density at radius 1 is 0.410 bits per heavy atom. The minimum absolute atomic E-state index is 1.07. The number of nitrogens with zero attached hydrogens (tertiary/aromatic N) is 1. The van der Waals surface area contributed by atoms with E-state index < -0.39 is 8.07 Å². The van der Waals surface area contributed by atoms with Gasteiger partial charge in [-0.3, -0.25) is 0 Å². The van der Waals surface area contributed by atoms with Crippen molar-refractivity contribution in [3.05, 3.63) is 162 Å². The quantitative estimate of drug-likeness (QED) is 0.154. The van der Waals surface area contributed by atoms with E-state index in [4.69, 9.17) is 0 Å². The van der Waals surface area contributed by atoms with Crippen molar-refractivity contribution in [1.82, 2.24) is 4.57 Å². The van der Waals surface area contributed by atoms with Crippen molar-refractivity contribution in [1.29, 1.82) is 0 Å². The van der Waals surface area contributed by atoms with Crippen LogP contribution >= 0.6 is 15.9 Å². The zero-order valence-corrected chi connectivity index (χ0v) is 23.9. The summed E-state index contributed by atoms with van der Waals surface area (Å²) in [6.07, 6.45) is 0. The predicted octanol–water partition coefficient (Wildman–Crippen LogP) is 6.92. The Labute approximate surface area is 238 Å². The third kappa shape index (κ3) is 3.89. The predicted molar refractivity (Wildman–Crippen MR) is 172 cm³/mol. The van der Waals surface area contributed by atoms with Crippen LogP contribution in [0.15, 0.2) is 162 Å². The van der Waals surface area contributed by atoms with Crippen LogP contribution in [0.25, 0.3) is 27.5 Å². The van der Waals surface area contributed by atoms with Crippen molar-refractivity contribution in [3.63, 3.8) is 0 Å². The van der Waals surface area contributed by atoms with Gasteiger partial charge in [-0.2, -0.15) is 0 Å². The van der Waals surface area contributed by atoms with E-state index in [1.165, 1.54) is 42.6 Å². The summed E-state index contributed by atoms with van der Waals surface area (Å²) in [6.45, 7) is 0. The molecule has 6 aromatic carbocycles. The van der Waals surface area contributed by atoms with Crippen molar-refractivity contribution in [2.45, 2.75) is 0 Å². The molecule has 1 aromatic heterocycles. The summed E-state index contributed by atoms with van der Waals surface area (Å²) in [5.41, 5.74) is 3.60. The van der Waals surface area contributed by atoms with Crippen LogP contribution in [0.3, 0.4) is 0 Å². The Morgan fingerprint density at radius 2 is 0.949 bits per heavy atom. The van der Waals surface area contributed by atoms with Gasteiger partial charge in [-0.1, -0.05) is 143 Å². The van der Waals surface area contributed by atoms with Crippen LogP contribution in [0, 0.1) is 0 Å². The van der Waals surface area contributed by atoms with Crippen molar-refractivity contribution in [2.75, 3.05) is 0 Å². The van der Waals surface area contributed by atoms with Gasteiger partial charge in [-0.05, 0) is 51.1 Å². The molecule has 0 saturated carbocycles. The highest BCUT2D eigenvalue weighted by Crippen LogP contribution is 2.32. The number of hydrogen-bond donors (Lipinski definition) is 0. The molecule has 0 amide bonds. The zero-order valence-electron chi connectivity index (χ0n) is 21.3. The standard InChI is InChI=1S/C36H26BrNSi/c37-27-13-12-14-28(25-27)38-35-22-11-10-21-33(35)34-24-23-32(26-36(34)38)39(29-15-4-1-5-16-29,30-17-6-2-7-18-30)31-19-8-3-9-20-31/h1-26H. The molecule has 0 aliphatic rings. The van der Waals surface area contributed by atoms with Crippen LogP contribution < -0.4 is 20.7 Å². The first-order valence-corrected chi connectivity index (χ1v) is 16.0. The third-order valence-corrected chi connectivity index (χ3v) is 13.1. The number of fused-ring (bicyclic) bond motifs is 3. The number of benzene rings is 6. The molecule has 7 aromatic rings. The molecule has 186 valence electrons. The molecule has 0 atom stereocenters. The van der Waals surface area contributed by atoms with Crippen LogP contribution in [-0.2, 0) is 0 Å². The highest BCUT2D eigenvalue weighted by molar-refractivity contribution is 9.10. The highest BCUT2D eigenvalue weighted by atomic mass is 79.9. The first-order valence-electron chi connectivity index (χ1n) is 13.2. The number of para-hydroxylation sites is 1. The number of aromatic nitrogens is 1. The smallest absolute Gasteiger partial charge is 0.179 e. The zero-order chi connectivity index (χ0) is 26.2. The lowest BCUT2D eigenvalue weighted by atomic mass is 10.1. The van der Waals surface area contributed by atoms with Gasteiger partial charge in [-0.15, -0.1) is 0 Å². The lowest BCUT2D eigenvalue weighted by Crippen LogP contribution is -2.74. The van der Waals surface area contributed by atoms with Crippen molar-refractivity contribution >= 4 is 66.6 Å². The largest absolute Gasteiger partial charge is 0.309 e. The van der Waals surface area contributed by atoms with E-state index in [2.05, 4.69) is 178 Å². The molecular formula is C36H26BrNSi. The minimum Gasteiger partial charge on any atom is -0.309 e. The fourth-order valence-corrected chi connectivity index (χ4v) is 11.3. The maximum absolute atomic E-state index is 3.71. The van der Waals surface area contributed by atoms with Gasteiger partial charge in [0, 0.05) is 20.9 Å². The fourth-order valence-electron chi connectivity index (χ4n) is 6.16. The van der Waals surface area contributed by atoms with Crippen LogP contribution in [0.2, 0.25) is 0 Å². The number of hydrogen-bond acceptors (Lipinski definition) is 0. The van der Waals surface area contributed by atoms with Gasteiger partial charge < -0.3 is 4.57 Å². The van der Waals surface area contributed by atoms with Gasteiger partial charge in [-0.25, -0.2) is 0 Å². The Hall–Kier alpha value is -4.18. The molecule has 7 rings (SSSR count). The average molecular weight is 581 g/mol. The van der Waals surface area contributed by atoms with E-state index >= 15 is 0 Å². The number of halogens is 1. The Morgan fingerprint density at radius 3 is 1.54 bits per heavy atom. The number of rotatable bonds is 5. The molecule has 0 N–H and O–H groups in total. The van der Waals surface area contributed by atoms with Crippen LogP contribution in [0.1, 0.15) is 0 Å². The molecule has 0 aliphatic heterocycles. The molecule has 0 bridgehead atoms. The van der Waals surface area contributed by atoms with E-state index in [1.54, 1.807) is 0 Å². The average Bonchev–Trinajstić information content (AvgIpc) is 3.33. The summed E-state index contributed by atoms with van der Waals surface area (Å²) >= 11 is 3.71. The second kappa shape index (κ2) is 9.85. The van der Waals surface area contributed by atoms with Crippen molar-refractivity contribution < 1.29 is 0 Å². The first kappa shape index (κ1) is 23.9. The van der Waals surface area contributed by atoms with E-state index in [0.29, 0.717) is 0 Å². The van der Waals surface area contributed by atoms with E-state index in [9.17, 15) is 0 Å². The van der Waals surface area contributed by atoms with Crippen LogP contribution in [0.4, 0.5) is 0 Å². The van der Waals surface area contributed by atoms with Crippen LogP contribution in [-0.4, -0.2) is 12.6 Å². The second-order valence-electron chi connectivity index (χ2n) is 9.91. The van der Waals surface area contributed by atoms with Crippen LogP contribution in [0.5, 0.6) is 0 Å². The lowest BCUT2D eigenvalue weighted by Gasteiger charge is -2.34. The fraction of sp³-hybridized carbons (Fsp3) is 0. The lowest BCUT2D eigenvalue weighted by molar-refractivity contribution is 1.18. The Bertz CT molecular complexity index is 1810. The molecule has 0 spiro atoms. The molecule has 0 saturated heterocycles.